The van der Waals surface area contributed by atoms with Crippen molar-refractivity contribution in [3.05, 3.63) is 51.6 Å². The van der Waals surface area contributed by atoms with Gasteiger partial charge in [0.2, 0.25) is 0 Å². The Morgan fingerprint density at radius 2 is 2.00 bits per heavy atom. The molecule has 0 saturated heterocycles. The molecule has 3 nitrogen and oxygen atoms in total. The number of hydrogen-bond donors (Lipinski definition) is 0. The van der Waals surface area contributed by atoms with Crippen LogP contribution in [0, 0.1) is 13.8 Å². The summed E-state index contributed by atoms with van der Waals surface area (Å²) in [5, 5.41) is 0. The highest BCUT2D eigenvalue weighted by Crippen LogP contribution is 2.25. The smallest absolute Gasteiger partial charge is 0.131 e. The molecule has 1 heterocycles. The fourth-order valence-electron chi connectivity index (χ4n) is 2.29. The van der Waals surface area contributed by atoms with Crippen LogP contribution in [0.2, 0.25) is 0 Å². The quantitative estimate of drug-likeness (QED) is 0.841. The van der Waals surface area contributed by atoms with E-state index >= 15 is 0 Å². The number of aromatic nitrogens is 1. The van der Waals surface area contributed by atoms with Gasteiger partial charge in [0.1, 0.15) is 11.6 Å². The molecule has 0 fully saturated rings. The number of methoxy groups -OCH3 is 1. The van der Waals surface area contributed by atoms with Crippen LogP contribution in [-0.4, -0.2) is 19.1 Å². The van der Waals surface area contributed by atoms with Crippen LogP contribution in [0.15, 0.2) is 34.9 Å². The lowest BCUT2D eigenvalue weighted by Crippen LogP contribution is -2.19. The molecule has 2 rings (SSSR count). The van der Waals surface area contributed by atoms with Gasteiger partial charge in [0, 0.05) is 29.8 Å². The Balaban J connectivity index is 2.27. The van der Waals surface area contributed by atoms with Gasteiger partial charge in [0.05, 0.1) is 7.11 Å². The van der Waals surface area contributed by atoms with Gasteiger partial charge in [0.25, 0.3) is 0 Å². The molecule has 1 aromatic carbocycles. The minimum Gasteiger partial charge on any atom is -0.496 e. The standard InChI is InChI=1S/C16H19BrN2O/c1-11-5-6-15(20-4)13(7-11)10-19(3)16-12(2)8-14(17)9-18-16/h5-9H,10H2,1-4H3. The van der Waals surface area contributed by atoms with Gasteiger partial charge in [-0.1, -0.05) is 17.7 Å². The molecule has 0 atom stereocenters. The molecule has 0 bridgehead atoms. The monoisotopic (exact) mass is 334 g/mol. The average Bonchev–Trinajstić information content (AvgIpc) is 2.38. The zero-order valence-corrected chi connectivity index (χ0v) is 13.9. The van der Waals surface area contributed by atoms with Gasteiger partial charge >= 0.3 is 0 Å². The molecule has 0 unspecified atom stereocenters. The number of anilines is 1. The number of benzene rings is 1. The first-order valence-electron chi connectivity index (χ1n) is 6.48. The lowest BCUT2D eigenvalue weighted by Gasteiger charge is -2.21. The van der Waals surface area contributed by atoms with Crippen molar-refractivity contribution in [1.82, 2.24) is 4.98 Å². The third-order valence-electron chi connectivity index (χ3n) is 3.22. The minimum atomic E-state index is 0.764. The number of ether oxygens (including phenoxy) is 1. The number of nitrogens with zero attached hydrogens (tertiary/aromatic N) is 2. The third-order valence-corrected chi connectivity index (χ3v) is 3.66. The maximum Gasteiger partial charge on any atom is 0.131 e. The fraction of sp³-hybridized carbons (Fsp3) is 0.312. The Morgan fingerprint density at radius 1 is 1.25 bits per heavy atom. The lowest BCUT2D eigenvalue weighted by atomic mass is 10.1. The summed E-state index contributed by atoms with van der Waals surface area (Å²) in [5.74, 6) is 1.90. The Bertz CT molecular complexity index is 613. The Hall–Kier alpha value is -1.55. The van der Waals surface area contributed by atoms with E-state index in [2.05, 4.69) is 57.9 Å². The maximum atomic E-state index is 5.43. The summed E-state index contributed by atoms with van der Waals surface area (Å²) in [7, 11) is 3.75. The number of rotatable bonds is 4. The topological polar surface area (TPSA) is 25.4 Å². The van der Waals surface area contributed by atoms with Crippen molar-refractivity contribution in [2.75, 3.05) is 19.1 Å². The minimum absolute atomic E-state index is 0.764. The van der Waals surface area contributed by atoms with Crippen LogP contribution in [0.1, 0.15) is 16.7 Å². The zero-order chi connectivity index (χ0) is 14.7. The molecular formula is C16H19BrN2O. The highest BCUT2D eigenvalue weighted by Gasteiger charge is 2.10. The highest BCUT2D eigenvalue weighted by molar-refractivity contribution is 9.10. The van der Waals surface area contributed by atoms with E-state index in [1.807, 2.05) is 19.3 Å². The van der Waals surface area contributed by atoms with Crippen molar-refractivity contribution in [2.45, 2.75) is 20.4 Å². The number of hydrogen-bond acceptors (Lipinski definition) is 3. The van der Waals surface area contributed by atoms with Gasteiger partial charge in [-0.3, -0.25) is 0 Å². The average molecular weight is 335 g/mol. The van der Waals surface area contributed by atoms with Crippen molar-refractivity contribution < 1.29 is 4.74 Å². The van der Waals surface area contributed by atoms with E-state index in [0.29, 0.717) is 0 Å². The summed E-state index contributed by atoms with van der Waals surface area (Å²) in [6, 6.07) is 8.31. The molecule has 0 N–H and O–H groups in total. The second-order valence-electron chi connectivity index (χ2n) is 4.97. The predicted molar refractivity (Wildman–Crippen MR) is 86.5 cm³/mol. The van der Waals surface area contributed by atoms with E-state index < -0.39 is 0 Å². The molecule has 0 saturated carbocycles. The third kappa shape index (κ3) is 3.31. The van der Waals surface area contributed by atoms with Crippen LogP contribution in [-0.2, 0) is 6.54 Å². The Morgan fingerprint density at radius 3 is 2.65 bits per heavy atom. The Kier molecular flexibility index (Phi) is 4.65. The molecular weight excluding hydrogens is 316 g/mol. The molecule has 106 valence electrons. The van der Waals surface area contributed by atoms with Crippen LogP contribution >= 0.6 is 15.9 Å². The summed E-state index contributed by atoms with van der Waals surface area (Å²) in [4.78, 5) is 6.63. The van der Waals surface area contributed by atoms with Crippen molar-refractivity contribution in [1.29, 1.82) is 0 Å². The van der Waals surface area contributed by atoms with Gasteiger partial charge in [0.15, 0.2) is 0 Å². The van der Waals surface area contributed by atoms with E-state index in [-0.39, 0.29) is 0 Å². The SMILES string of the molecule is COc1ccc(C)cc1CN(C)c1ncc(Br)cc1C. The normalized spacial score (nSPS) is 10.4. The Labute approximate surface area is 128 Å². The second-order valence-corrected chi connectivity index (χ2v) is 5.88. The zero-order valence-electron chi connectivity index (χ0n) is 12.3. The number of pyridine rings is 1. The molecule has 2 aromatic rings. The van der Waals surface area contributed by atoms with E-state index in [0.717, 1.165) is 28.1 Å². The van der Waals surface area contributed by atoms with Crippen LogP contribution in [0.25, 0.3) is 0 Å². The first-order valence-corrected chi connectivity index (χ1v) is 7.27. The molecule has 0 amide bonds. The van der Waals surface area contributed by atoms with Crippen molar-refractivity contribution >= 4 is 21.7 Å². The molecule has 0 radical (unpaired) electrons. The summed E-state index contributed by atoms with van der Waals surface area (Å²) in [5.41, 5.74) is 3.54. The van der Waals surface area contributed by atoms with E-state index in [4.69, 9.17) is 4.74 Å². The molecule has 0 spiro atoms. The summed E-state index contributed by atoms with van der Waals surface area (Å²) in [6.45, 7) is 4.92. The molecule has 0 aliphatic rings. The van der Waals surface area contributed by atoms with Crippen molar-refractivity contribution in [3.8, 4) is 5.75 Å². The molecule has 0 aliphatic heterocycles. The van der Waals surface area contributed by atoms with Crippen molar-refractivity contribution in [2.24, 2.45) is 0 Å². The number of aryl methyl sites for hydroxylation is 2. The van der Waals surface area contributed by atoms with E-state index in [9.17, 15) is 0 Å². The molecule has 0 aliphatic carbocycles. The first-order chi connectivity index (χ1) is 9.51. The fourth-order valence-corrected chi connectivity index (χ4v) is 2.74. The van der Waals surface area contributed by atoms with Crippen LogP contribution in [0.3, 0.4) is 0 Å². The maximum absolute atomic E-state index is 5.43. The summed E-state index contributed by atoms with van der Waals surface area (Å²) >= 11 is 3.44. The molecule has 20 heavy (non-hydrogen) atoms. The lowest BCUT2D eigenvalue weighted by molar-refractivity contribution is 0.409. The van der Waals surface area contributed by atoms with Crippen LogP contribution in [0.5, 0.6) is 5.75 Å². The van der Waals surface area contributed by atoms with Crippen molar-refractivity contribution in [3.63, 3.8) is 0 Å². The predicted octanol–water partition coefficient (Wildman–Crippen LogP) is 4.11. The van der Waals surface area contributed by atoms with E-state index in [1.165, 1.54) is 11.1 Å². The first kappa shape index (κ1) is 14.9. The van der Waals surface area contributed by atoms with Crippen LogP contribution in [0.4, 0.5) is 5.82 Å². The van der Waals surface area contributed by atoms with Gasteiger partial charge < -0.3 is 9.64 Å². The van der Waals surface area contributed by atoms with Gasteiger partial charge in [-0.05, 0) is 47.5 Å². The summed E-state index contributed by atoms with van der Waals surface area (Å²) < 4.78 is 6.43. The summed E-state index contributed by atoms with van der Waals surface area (Å²) in [6.07, 6.45) is 1.83. The molecule has 4 heteroatoms. The van der Waals surface area contributed by atoms with E-state index in [1.54, 1.807) is 7.11 Å². The van der Waals surface area contributed by atoms with Gasteiger partial charge in [-0.15, -0.1) is 0 Å². The highest BCUT2D eigenvalue weighted by atomic mass is 79.9. The number of halogens is 1. The molecule has 1 aromatic heterocycles. The van der Waals surface area contributed by atoms with Crippen LogP contribution < -0.4 is 9.64 Å². The van der Waals surface area contributed by atoms with Gasteiger partial charge in [-0.25, -0.2) is 4.98 Å². The van der Waals surface area contributed by atoms with Gasteiger partial charge in [-0.2, -0.15) is 0 Å². The second kappa shape index (κ2) is 6.27. The largest absolute Gasteiger partial charge is 0.496 e.